The van der Waals surface area contributed by atoms with Gasteiger partial charge in [-0.05, 0) is 26.0 Å². The third-order valence-corrected chi connectivity index (χ3v) is 3.99. The fourth-order valence-corrected chi connectivity index (χ4v) is 2.35. The lowest BCUT2D eigenvalue weighted by atomic mass is 10.2. The van der Waals surface area contributed by atoms with Crippen LogP contribution in [0.3, 0.4) is 0 Å². The first kappa shape index (κ1) is 23.2. The summed E-state index contributed by atoms with van der Waals surface area (Å²) in [5.74, 6) is 2.17. The third kappa shape index (κ3) is 7.05. The van der Waals surface area contributed by atoms with E-state index in [1.807, 2.05) is 19.1 Å². The lowest BCUT2D eigenvalue weighted by molar-refractivity contribution is -0.107. The molecule has 28 heavy (non-hydrogen) atoms. The van der Waals surface area contributed by atoms with Crippen LogP contribution in [0.4, 0.5) is 5.82 Å². The number of morpholine rings is 1. The number of hydrogen-bond acceptors (Lipinski definition) is 7. The highest BCUT2D eigenvalue weighted by molar-refractivity contribution is 5.54. The molecule has 2 N–H and O–H groups in total. The van der Waals surface area contributed by atoms with Gasteiger partial charge in [-0.3, -0.25) is 0 Å². The molecular formula is C20H28N4O4. The Kier molecular flexibility index (Phi) is 10.4. The number of aromatic nitrogens is 3. The van der Waals surface area contributed by atoms with Crippen LogP contribution in [0, 0.1) is 0 Å². The number of carbonyl (C=O) groups excluding carboxylic acids is 1. The molecule has 2 aromatic heterocycles. The minimum atomic E-state index is 0. The van der Waals surface area contributed by atoms with E-state index in [4.69, 9.17) is 9.26 Å². The summed E-state index contributed by atoms with van der Waals surface area (Å²) in [4.78, 5) is 20.5. The van der Waals surface area contributed by atoms with Gasteiger partial charge in [0, 0.05) is 32.1 Å². The van der Waals surface area contributed by atoms with Gasteiger partial charge in [0.1, 0.15) is 12.1 Å². The quantitative estimate of drug-likeness (QED) is 0.551. The van der Waals surface area contributed by atoms with Crippen molar-refractivity contribution in [2.45, 2.75) is 26.7 Å². The number of rotatable bonds is 6. The first-order chi connectivity index (χ1) is 13.2. The second kappa shape index (κ2) is 12.5. The molecule has 0 unspecified atom stereocenters. The van der Waals surface area contributed by atoms with Crippen molar-refractivity contribution in [1.29, 1.82) is 0 Å². The van der Waals surface area contributed by atoms with E-state index in [2.05, 4.69) is 39.6 Å². The largest absolute Gasteiger partial charge is 0.412 e. The van der Waals surface area contributed by atoms with Crippen LogP contribution in [-0.4, -0.2) is 53.2 Å². The van der Waals surface area contributed by atoms with E-state index in [1.54, 1.807) is 12.3 Å². The molecule has 0 aromatic carbocycles. The molecular weight excluding hydrogens is 360 g/mol. The second-order valence-electron chi connectivity index (χ2n) is 6.02. The lowest BCUT2D eigenvalue weighted by Crippen LogP contribution is -2.36. The van der Waals surface area contributed by atoms with E-state index in [0.717, 1.165) is 44.0 Å². The molecule has 0 saturated carbocycles. The highest BCUT2D eigenvalue weighted by Gasteiger charge is 2.14. The zero-order valence-corrected chi connectivity index (χ0v) is 16.4. The number of carbonyl (C=O) groups is 1. The van der Waals surface area contributed by atoms with Gasteiger partial charge in [0.25, 0.3) is 5.89 Å². The number of aldehydes is 1. The van der Waals surface area contributed by atoms with Gasteiger partial charge in [-0.15, -0.1) is 6.58 Å². The molecule has 1 aliphatic rings. The van der Waals surface area contributed by atoms with Crippen molar-refractivity contribution in [1.82, 2.24) is 15.1 Å². The highest BCUT2D eigenvalue weighted by Crippen LogP contribution is 2.20. The number of ether oxygens (including phenoxy) is 1. The smallest absolute Gasteiger partial charge is 0.259 e. The molecule has 3 rings (SSSR count). The minimum absolute atomic E-state index is 0. The zero-order valence-electron chi connectivity index (χ0n) is 16.4. The summed E-state index contributed by atoms with van der Waals surface area (Å²) in [5, 5.41) is 4.01. The summed E-state index contributed by atoms with van der Waals surface area (Å²) >= 11 is 0. The molecule has 3 heterocycles. The van der Waals surface area contributed by atoms with Crippen molar-refractivity contribution in [2.75, 3.05) is 31.2 Å². The van der Waals surface area contributed by atoms with Gasteiger partial charge >= 0.3 is 0 Å². The number of hydrogen-bond donors (Lipinski definition) is 0. The van der Waals surface area contributed by atoms with E-state index in [-0.39, 0.29) is 5.48 Å². The average molecular weight is 388 g/mol. The zero-order chi connectivity index (χ0) is 19.5. The Morgan fingerprint density at radius 1 is 1.32 bits per heavy atom. The normalized spacial score (nSPS) is 13.8. The van der Waals surface area contributed by atoms with Crippen molar-refractivity contribution < 1.29 is 19.5 Å². The van der Waals surface area contributed by atoms with Gasteiger partial charge in [0.05, 0.1) is 18.8 Å². The maximum atomic E-state index is 9.33. The fraction of sp³-hybridized carbons (Fsp3) is 0.400. The Morgan fingerprint density at radius 3 is 2.61 bits per heavy atom. The van der Waals surface area contributed by atoms with E-state index in [1.165, 1.54) is 5.57 Å². The predicted octanol–water partition coefficient (Wildman–Crippen LogP) is 2.41. The molecule has 0 aliphatic carbocycles. The van der Waals surface area contributed by atoms with Crippen LogP contribution in [0.15, 0.2) is 47.2 Å². The van der Waals surface area contributed by atoms with Crippen LogP contribution in [0.1, 0.15) is 26.1 Å². The molecule has 0 bridgehead atoms. The monoisotopic (exact) mass is 388 g/mol. The van der Waals surface area contributed by atoms with Crippen molar-refractivity contribution in [3.63, 3.8) is 0 Å². The second-order valence-corrected chi connectivity index (χ2v) is 6.02. The van der Waals surface area contributed by atoms with Crippen LogP contribution in [-0.2, 0) is 16.0 Å². The van der Waals surface area contributed by atoms with Crippen LogP contribution >= 0.6 is 0 Å². The molecule has 0 amide bonds. The number of nitrogens with zero attached hydrogens (tertiary/aromatic N) is 4. The Morgan fingerprint density at radius 2 is 2.07 bits per heavy atom. The first-order valence-electron chi connectivity index (χ1n) is 8.96. The summed E-state index contributed by atoms with van der Waals surface area (Å²) in [6.45, 7) is 10.6. The summed E-state index contributed by atoms with van der Waals surface area (Å²) < 4.78 is 10.7. The maximum absolute atomic E-state index is 9.33. The molecule has 1 aliphatic heterocycles. The van der Waals surface area contributed by atoms with Crippen LogP contribution in [0.5, 0.6) is 0 Å². The summed E-state index contributed by atoms with van der Waals surface area (Å²) in [7, 11) is 0. The van der Waals surface area contributed by atoms with Gasteiger partial charge < -0.3 is 24.4 Å². The molecule has 0 spiro atoms. The molecule has 1 saturated heterocycles. The van der Waals surface area contributed by atoms with Crippen LogP contribution in [0.25, 0.3) is 11.5 Å². The van der Waals surface area contributed by atoms with Gasteiger partial charge in [-0.2, -0.15) is 4.98 Å². The topological polar surface area (TPSA) is 113 Å². The molecule has 0 atom stereocenters. The summed E-state index contributed by atoms with van der Waals surface area (Å²) in [5.41, 5.74) is 2.06. The van der Waals surface area contributed by atoms with Gasteiger partial charge in [0.2, 0.25) is 0 Å². The molecule has 0 radical (unpaired) electrons. The van der Waals surface area contributed by atoms with E-state index >= 15 is 0 Å². The van der Waals surface area contributed by atoms with Crippen LogP contribution in [0.2, 0.25) is 0 Å². The van der Waals surface area contributed by atoms with Crippen molar-refractivity contribution in [3.05, 3.63) is 48.5 Å². The Hall–Kier alpha value is -2.84. The fourth-order valence-electron chi connectivity index (χ4n) is 2.35. The van der Waals surface area contributed by atoms with Crippen molar-refractivity contribution in [2.24, 2.45) is 0 Å². The number of pyridine rings is 1. The summed E-state index contributed by atoms with van der Waals surface area (Å²) in [6, 6.07) is 3.96. The van der Waals surface area contributed by atoms with E-state index in [0.29, 0.717) is 24.6 Å². The Bertz CT molecular complexity index is 744. The Labute approximate surface area is 165 Å². The van der Waals surface area contributed by atoms with E-state index < -0.39 is 0 Å². The first-order valence-corrected chi connectivity index (χ1v) is 8.96. The van der Waals surface area contributed by atoms with Gasteiger partial charge in [0.15, 0.2) is 5.82 Å². The average Bonchev–Trinajstić information content (AvgIpc) is 3.18. The number of allylic oxidation sites excluding steroid dienone is 3. The molecule has 8 nitrogen and oxygen atoms in total. The Balaban J connectivity index is 0.000000584. The molecule has 152 valence electrons. The molecule has 1 fully saturated rings. The highest BCUT2D eigenvalue weighted by atomic mass is 16.5. The minimum Gasteiger partial charge on any atom is -0.412 e. The standard InChI is InChI=1S/C16H20N4O2.C4H6O.H2O/c1-3-12(2)10-14-18-16(22-19-14)13-4-5-15(17-11-13)20-6-8-21-9-7-20;1-2-3-4-5;/h3-5,11H,6-10H2,1-2H3;2,4H,1,3H2;1H2/b12-3+;;. The van der Waals surface area contributed by atoms with Crippen molar-refractivity contribution >= 4 is 12.1 Å². The maximum Gasteiger partial charge on any atom is 0.259 e. The number of anilines is 1. The molecule has 2 aromatic rings. The molecule has 8 heteroatoms. The van der Waals surface area contributed by atoms with Gasteiger partial charge in [-0.25, -0.2) is 4.98 Å². The summed E-state index contributed by atoms with van der Waals surface area (Å²) in [6.07, 6.45) is 7.39. The SMILES string of the molecule is C/C=C(\C)Cc1noc(-c2ccc(N3CCOCC3)nc2)n1.C=CCC=O.O. The van der Waals surface area contributed by atoms with Gasteiger partial charge in [-0.1, -0.05) is 22.9 Å². The predicted molar refractivity (Wildman–Crippen MR) is 108 cm³/mol. The third-order valence-electron chi connectivity index (χ3n) is 3.99. The van der Waals surface area contributed by atoms with Crippen LogP contribution < -0.4 is 4.90 Å². The van der Waals surface area contributed by atoms with E-state index in [9.17, 15) is 4.79 Å². The lowest BCUT2D eigenvalue weighted by Gasteiger charge is -2.27. The van der Waals surface area contributed by atoms with Crippen molar-refractivity contribution in [3.8, 4) is 11.5 Å².